The van der Waals surface area contributed by atoms with Crippen molar-refractivity contribution in [2.75, 3.05) is 6.54 Å². The molecule has 0 spiro atoms. The molecule has 0 saturated carbocycles. The first kappa shape index (κ1) is 20.4. The van der Waals surface area contributed by atoms with E-state index in [1.807, 2.05) is 48.6 Å². The van der Waals surface area contributed by atoms with Crippen molar-refractivity contribution in [2.24, 2.45) is 0 Å². The normalized spacial score (nSPS) is 13.1. The van der Waals surface area contributed by atoms with Gasteiger partial charge < -0.3 is 10.6 Å². The monoisotopic (exact) mass is 393 g/mol. The summed E-state index contributed by atoms with van der Waals surface area (Å²) in [4.78, 5) is 24.1. The number of rotatable bonds is 8. The lowest BCUT2D eigenvalue weighted by Crippen LogP contribution is -2.87. The topological polar surface area (TPSA) is 62.8 Å². The van der Waals surface area contributed by atoms with Crippen LogP contribution >= 0.6 is 23.2 Å². The van der Waals surface area contributed by atoms with Gasteiger partial charge in [-0.15, -0.1) is 0 Å². The molecular formula is C20H23Cl2N2O2+. The summed E-state index contributed by atoms with van der Waals surface area (Å²) < 4.78 is 0. The van der Waals surface area contributed by atoms with Gasteiger partial charge in [-0.2, -0.15) is 0 Å². The number of Topliss-reactive ketones (excluding diaryl/α,β-unsaturated/α-hetero) is 1. The van der Waals surface area contributed by atoms with Gasteiger partial charge in [0, 0.05) is 10.6 Å². The fourth-order valence-corrected chi connectivity index (χ4v) is 3.26. The van der Waals surface area contributed by atoms with Crippen LogP contribution in [0, 0.1) is 0 Å². The molecule has 0 aliphatic rings. The van der Waals surface area contributed by atoms with Crippen LogP contribution in [0.5, 0.6) is 0 Å². The highest BCUT2D eigenvalue weighted by atomic mass is 35.5. The standard InChI is InChI=1S/C20H22Cl2N2O2/c1-13(17-9-8-16(21)11-18(17)22)23-12-20(26)24-19(14(2)25)10-15-6-4-3-5-7-15/h3-9,11,13,19,23H,10,12H2,1-2H3,(H,24,26)/p+1/t13-,19+/m1/s1. The van der Waals surface area contributed by atoms with Gasteiger partial charge in [-0.3, -0.25) is 9.59 Å². The van der Waals surface area contributed by atoms with Crippen molar-refractivity contribution in [2.45, 2.75) is 32.4 Å². The van der Waals surface area contributed by atoms with E-state index in [0.29, 0.717) is 16.5 Å². The number of ketones is 1. The second-order valence-corrected chi connectivity index (χ2v) is 7.16. The van der Waals surface area contributed by atoms with E-state index in [2.05, 4.69) is 5.32 Å². The smallest absolute Gasteiger partial charge is 0.275 e. The highest BCUT2D eigenvalue weighted by molar-refractivity contribution is 6.35. The van der Waals surface area contributed by atoms with Crippen LogP contribution in [0.1, 0.15) is 31.0 Å². The number of nitrogens with two attached hydrogens (primary N) is 1. The zero-order valence-electron chi connectivity index (χ0n) is 14.8. The zero-order chi connectivity index (χ0) is 19.1. The fraction of sp³-hybridized carbons (Fsp3) is 0.300. The van der Waals surface area contributed by atoms with Crippen LogP contribution in [0.3, 0.4) is 0 Å². The number of nitrogens with one attached hydrogen (secondary N) is 1. The maximum atomic E-state index is 12.3. The third-order valence-electron chi connectivity index (χ3n) is 4.22. The van der Waals surface area contributed by atoms with Gasteiger partial charge in [0.25, 0.3) is 5.91 Å². The predicted octanol–water partition coefficient (Wildman–Crippen LogP) is 2.93. The molecule has 138 valence electrons. The molecule has 0 aliphatic heterocycles. The van der Waals surface area contributed by atoms with Crippen LogP contribution in [-0.2, 0) is 16.0 Å². The van der Waals surface area contributed by atoms with Crippen molar-refractivity contribution >= 4 is 34.9 Å². The van der Waals surface area contributed by atoms with E-state index in [4.69, 9.17) is 23.2 Å². The van der Waals surface area contributed by atoms with Crippen LogP contribution in [0.4, 0.5) is 0 Å². The van der Waals surface area contributed by atoms with Crippen molar-refractivity contribution in [1.29, 1.82) is 0 Å². The second-order valence-electron chi connectivity index (χ2n) is 6.31. The van der Waals surface area contributed by atoms with Gasteiger partial charge >= 0.3 is 0 Å². The van der Waals surface area contributed by atoms with Crippen molar-refractivity contribution in [3.8, 4) is 0 Å². The molecule has 2 aromatic rings. The van der Waals surface area contributed by atoms with Gasteiger partial charge in [0.15, 0.2) is 12.3 Å². The largest absolute Gasteiger partial charge is 0.341 e. The zero-order valence-corrected chi connectivity index (χ0v) is 16.3. The molecule has 1 amide bonds. The van der Waals surface area contributed by atoms with E-state index in [9.17, 15) is 9.59 Å². The summed E-state index contributed by atoms with van der Waals surface area (Å²) in [5.41, 5.74) is 1.93. The van der Waals surface area contributed by atoms with Crippen molar-refractivity contribution in [3.63, 3.8) is 0 Å². The highest BCUT2D eigenvalue weighted by Crippen LogP contribution is 2.24. The summed E-state index contributed by atoms with van der Waals surface area (Å²) >= 11 is 12.1. The van der Waals surface area contributed by atoms with Gasteiger partial charge in [-0.25, -0.2) is 0 Å². The minimum atomic E-state index is -0.521. The average Bonchev–Trinajstić information content (AvgIpc) is 2.60. The lowest BCUT2D eigenvalue weighted by atomic mass is 10.0. The van der Waals surface area contributed by atoms with Gasteiger partial charge in [-0.1, -0.05) is 59.6 Å². The first-order chi connectivity index (χ1) is 12.4. The molecule has 0 fully saturated rings. The van der Waals surface area contributed by atoms with Gasteiger partial charge in [0.2, 0.25) is 0 Å². The summed E-state index contributed by atoms with van der Waals surface area (Å²) in [6.07, 6.45) is 0.487. The molecule has 2 aromatic carbocycles. The lowest BCUT2D eigenvalue weighted by molar-refractivity contribution is -0.682. The Hall–Kier alpha value is -1.88. The predicted molar refractivity (Wildman–Crippen MR) is 104 cm³/mol. The Morgan fingerprint density at radius 2 is 1.81 bits per heavy atom. The molecule has 2 atom stereocenters. The maximum absolute atomic E-state index is 12.3. The van der Waals surface area contributed by atoms with E-state index >= 15 is 0 Å². The number of hydrogen-bond donors (Lipinski definition) is 2. The molecule has 0 heterocycles. The molecule has 2 rings (SSSR count). The van der Waals surface area contributed by atoms with Crippen molar-refractivity contribution in [3.05, 3.63) is 69.7 Å². The van der Waals surface area contributed by atoms with Gasteiger partial charge in [0.1, 0.15) is 6.04 Å². The Morgan fingerprint density at radius 1 is 1.12 bits per heavy atom. The summed E-state index contributed by atoms with van der Waals surface area (Å²) in [5, 5.41) is 5.85. The Bertz CT molecular complexity index is 766. The van der Waals surface area contributed by atoms with Crippen LogP contribution < -0.4 is 10.6 Å². The lowest BCUT2D eigenvalue weighted by Gasteiger charge is -2.17. The molecular weight excluding hydrogens is 371 g/mol. The third-order valence-corrected chi connectivity index (χ3v) is 4.78. The highest BCUT2D eigenvalue weighted by Gasteiger charge is 2.20. The van der Waals surface area contributed by atoms with Crippen LogP contribution in [0.25, 0.3) is 0 Å². The summed E-state index contributed by atoms with van der Waals surface area (Å²) in [6.45, 7) is 3.67. The number of carbonyl (C=O) groups excluding carboxylic acids is 2. The van der Waals surface area contributed by atoms with E-state index in [-0.39, 0.29) is 24.3 Å². The van der Waals surface area contributed by atoms with E-state index in [1.54, 1.807) is 12.1 Å². The molecule has 26 heavy (non-hydrogen) atoms. The molecule has 0 aliphatic carbocycles. The van der Waals surface area contributed by atoms with Crippen molar-refractivity contribution in [1.82, 2.24) is 5.32 Å². The van der Waals surface area contributed by atoms with Crippen LogP contribution in [-0.4, -0.2) is 24.3 Å². The minimum absolute atomic E-state index is 0.00424. The first-order valence-electron chi connectivity index (χ1n) is 8.49. The summed E-state index contributed by atoms with van der Waals surface area (Å²) in [6, 6.07) is 14.4. The molecule has 3 N–H and O–H groups in total. The van der Waals surface area contributed by atoms with E-state index < -0.39 is 6.04 Å². The number of carbonyl (C=O) groups is 2. The molecule has 0 radical (unpaired) electrons. The quantitative estimate of drug-likeness (QED) is 0.723. The molecule has 6 heteroatoms. The van der Waals surface area contributed by atoms with E-state index in [1.165, 1.54) is 6.92 Å². The molecule has 0 aromatic heterocycles. The number of hydrogen-bond acceptors (Lipinski definition) is 2. The number of benzene rings is 2. The number of quaternary nitrogens is 1. The van der Waals surface area contributed by atoms with Gasteiger partial charge in [-0.05, 0) is 38.0 Å². The average molecular weight is 394 g/mol. The SMILES string of the molecule is CC(=O)[C@H](Cc1ccccc1)NC(=O)C[NH2+][C@H](C)c1ccc(Cl)cc1Cl. The molecule has 0 bridgehead atoms. The summed E-state index contributed by atoms with van der Waals surface area (Å²) in [5.74, 6) is -0.242. The molecule has 0 unspecified atom stereocenters. The number of halogens is 2. The maximum Gasteiger partial charge on any atom is 0.275 e. The minimum Gasteiger partial charge on any atom is -0.341 e. The summed E-state index contributed by atoms with van der Waals surface area (Å²) in [7, 11) is 0. The van der Waals surface area contributed by atoms with Crippen LogP contribution in [0.15, 0.2) is 48.5 Å². The Kier molecular flexibility index (Phi) is 7.64. The Morgan fingerprint density at radius 3 is 2.42 bits per heavy atom. The second kappa shape index (κ2) is 9.72. The third kappa shape index (κ3) is 6.13. The Balaban J connectivity index is 1.90. The van der Waals surface area contributed by atoms with Crippen LogP contribution in [0.2, 0.25) is 10.0 Å². The number of amides is 1. The fourth-order valence-electron chi connectivity index (χ4n) is 2.68. The molecule has 4 nitrogen and oxygen atoms in total. The van der Waals surface area contributed by atoms with Crippen molar-refractivity contribution < 1.29 is 14.9 Å². The first-order valence-corrected chi connectivity index (χ1v) is 9.24. The van der Waals surface area contributed by atoms with Gasteiger partial charge in [0.05, 0.1) is 11.1 Å². The molecule has 0 saturated heterocycles. The van der Waals surface area contributed by atoms with E-state index in [0.717, 1.165) is 11.1 Å². The Labute approximate surface area is 163 Å².